The van der Waals surface area contributed by atoms with Crippen LogP contribution < -0.4 is 5.43 Å². The van der Waals surface area contributed by atoms with E-state index in [0.717, 1.165) is 18.4 Å². The lowest BCUT2D eigenvalue weighted by Crippen LogP contribution is -2.42. The van der Waals surface area contributed by atoms with Gasteiger partial charge in [-0.3, -0.25) is 14.6 Å². The van der Waals surface area contributed by atoms with E-state index in [0.29, 0.717) is 44.8 Å². The topological polar surface area (TPSA) is 113 Å². The van der Waals surface area contributed by atoms with Crippen LogP contribution in [0.5, 0.6) is 0 Å². The van der Waals surface area contributed by atoms with Crippen molar-refractivity contribution < 1.29 is 17.9 Å². The second-order valence-corrected chi connectivity index (χ2v) is 10.4. The van der Waals surface area contributed by atoms with Crippen LogP contribution in [-0.2, 0) is 14.8 Å². The van der Waals surface area contributed by atoms with Gasteiger partial charge in [0.05, 0.1) is 24.2 Å². The maximum Gasteiger partial charge on any atom is 0.259 e. The van der Waals surface area contributed by atoms with Crippen LogP contribution in [0.4, 0.5) is 0 Å². The highest BCUT2D eigenvalue weighted by Crippen LogP contribution is 2.35. The number of carbonyl (C=O) groups is 1. The van der Waals surface area contributed by atoms with E-state index in [1.807, 2.05) is 6.07 Å². The highest BCUT2D eigenvalue weighted by atomic mass is 32.2. The third-order valence-electron chi connectivity index (χ3n) is 6.51. The lowest BCUT2D eigenvalue weighted by Gasteiger charge is -2.34. The number of nitrogens with one attached hydrogen (secondary N) is 1. The Kier molecular flexibility index (Phi) is 6.20. The molecule has 2 fully saturated rings. The van der Waals surface area contributed by atoms with Crippen LogP contribution in [0.25, 0.3) is 10.9 Å². The Morgan fingerprint density at radius 1 is 1.12 bits per heavy atom. The van der Waals surface area contributed by atoms with Crippen LogP contribution in [-0.4, -0.2) is 66.3 Å². The van der Waals surface area contributed by atoms with E-state index >= 15 is 0 Å². The van der Waals surface area contributed by atoms with Crippen molar-refractivity contribution in [2.24, 2.45) is 0 Å². The zero-order valence-corrected chi connectivity index (χ0v) is 19.5. The smallest absolute Gasteiger partial charge is 0.259 e. The Labute approximate surface area is 197 Å². The van der Waals surface area contributed by atoms with Gasteiger partial charge in [0.1, 0.15) is 5.56 Å². The average Bonchev–Trinajstić information content (AvgIpc) is 2.89. The van der Waals surface area contributed by atoms with Crippen LogP contribution in [0.1, 0.15) is 41.2 Å². The van der Waals surface area contributed by atoms with Gasteiger partial charge in [0.2, 0.25) is 15.5 Å². The van der Waals surface area contributed by atoms with Crippen molar-refractivity contribution in [2.45, 2.75) is 30.2 Å². The number of nitrogens with zero attached hydrogens (tertiary/aromatic N) is 3. The minimum atomic E-state index is -3.88. The summed E-state index contributed by atoms with van der Waals surface area (Å²) in [7, 11) is -3.88. The maximum atomic E-state index is 13.7. The van der Waals surface area contributed by atoms with E-state index < -0.39 is 15.5 Å². The van der Waals surface area contributed by atoms with Crippen LogP contribution in [0.15, 0.2) is 58.6 Å². The Balaban J connectivity index is 1.53. The van der Waals surface area contributed by atoms with E-state index in [9.17, 15) is 18.0 Å². The average molecular weight is 483 g/mol. The number of ether oxygens (including phenoxy) is 1. The molecule has 1 N–H and O–H groups in total. The largest absolute Gasteiger partial charge is 0.378 e. The summed E-state index contributed by atoms with van der Waals surface area (Å²) in [5.41, 5.74) is 0.840. The number of piperidine rings is 1. The summed E-state index contributed by atoms with van der Waals surface area (Å²) >= 11 is 0. The monoisotopic (exact) mass is 482 g/mol. The first-order chi connectivity index (χ1) is 16.5. The molecule has 9 nitrogen and oxygen atoms in total. The molecule has 0 aliphatic carbocycles. The number of pyridine rings is 2. The standard InChI is InChI=1S/C24H26N4O5S/c29-23-19-14-18(6-7-21(19)26-16-20(23)24(30)27-10-12-33-13-11-27)34(31,32)28-9-2-1-5-22(28)17-4-3-8-25-15-17/h3-4,6-8,14-16,22H,1-2,5,9-13H2,(H,26,29). The van der Waals surface area contributed by atoms with Crippen molar-refractivity contribution in [2.75, 3.05) is 32.8 Å². The summed E-state index contributed by atoms with van der Waals surface area (Å²) in [6, 6.07) is 7.85. The van der Waals surface area contributed by atoms with Gasteiger partial charge < -0.3 is 14.6 Å². The van der Waals surface area contributed by atoms with Crippen molar-refractivity contribution in [3.8, 4) is 0 Å². The van der Waals surface area contributed by atoms with Crippen molar-refractivity contribution in [3.63, 3.8) is 0 Å². The first-order valence-electron chi connectivity index (χ1n) is 11.4. The number of carbonyl (C=O) groups excluding carboxylic acids is 1. The number of benzene rings is 1. The van der Waals surface area contributed by atoms with E-state index in [1.165, 1.54) is 22.6 Å². The number of hydrogen-bond donors (Lipinski definition) is 1. The number of sulfonamides is 1. The molecular weight excluding hydrogens is 456 g/mol. The van der Waals surface area contributed by atoms with Crippen LogP contribution >= 0.6 is 0 Å². The fourth-order valence-corrected chi connectivity index (χ4v) is 6.40. The molecule has 0 saturated carbocycles. The quantitative estimate of drug-likeness (QED) is 0.611. The molecule has 3 aromatic rings. The predicted molar refractivity (Wildman–Crippen MR) is 126 cm³/mol. The lowest BCUT2D eigenvalue weighted by atomic mass is 9.99. The van der Waals surface area contributed by atoms with Crippen molar-refractivity contribution in [3.05, 3.63) is 70.3 Å². The van der Waals surface area contributed by atoms with Gasteiger partial charge in [-0.05, 0) is 42.7 Å². The number of amides is 1. The third-order valence-corrected chi connectivity index (χ3v) is 8.41. The third kappa shape index (κ3) is 4.13. The molecule has 0 bridgehead atoms. The molecule has 4 heterocycles. The van der Waals surface area contributed by atoms with E-state index in [1.54, 1.807) is 29.4 Å². The van der Waals surface area contributed by atoms with Crippen molar-refractivity contribution in [1.82, 2.24) is 19.2 Å². The summed E-state index contributed by atoms with van der Waals surface area (Å²) < 4.78 is 34.2. The number of morpholine rings is 1. The minimum Gasteiger partial charge on any atom is -0.378 e. The van der Waals surface area contributed by atoms with Gasteiger partial charge in [-0.25, -0.2) is 8.42 Å². The van der Waals surface area contributed by atoms with E-state index in [4.69, 9.17) is 4.74 Å². The molecule has 34 heavy (non-hydrogen) atoms. The molecule has 2 aromatic heterocycles. The first kappa shape index (κ1) is 22.7. The molecule has 1 unspecified atom stereocenters. The number of H-pyrrole nitrogens is 1. The number of fused-ring (bicyclic) bond motifs is 1. The summed E-state index contributed by atoms with van der Waals surface area (Å²) in [4.78, 5) is 34.9. The zero-order valence-electron chi connectivity index (χ0n) is 18.6. The minimum absolute atomic E-state index is 0.00448. The van der Waals surface area contributed by atoms with Gasteiger partial charge in [-0.15, -0.1) is 0 Å². The molecule has 2 saturated heterocycles. The number of rotatable bonds is 4. The Hall–Kier alpha value is -3.08. The van der Waals surface area contributed by atoms with Gasteiger partial charge in [0, 0.05) is 49.1 Å². The first-order valence-corrected chi connectivity index (χ1v) is 12.8. The van der Waals surface area contributed by atoms with Crippen LogP contribution in [0, 0.1) is 0 Å². The Bertz CT molecular complexity index is 1370. The maximum absolute atomic E-state index is 13.7. The van der Waals surface area contributed by atoms with Gasteiger partial charge in [0.25, 0.3) is 5.91 Å². The molecule has 0 radical (unpaired) electrons. The van der Waals surface area contributed by atoms with Gasteiger partial charge in [0.15, 0.2) is 0 Å². The molecule has 5 rings (SSSR count). The second-order valence-electron chi connectivity index (χ2n) is 8.56. The van der Waals surface area contributed by atoms with Crippen LogP contribution in [0.3, 0.4) is 0 Å². The Morgan fingerprint density at radius 2 is 1.94 bits per heavy atom. The molecule has 1 amide bonds. The van der Waals surface area contributed by atoms with Crippen molar-refractivity contribution in [1.29, 1.82) is 0 Å². The molecule has 0 spiro atoms. The number of aromatic amines is 1. The normalized spacial score (nSPS) is 19.9. The molecule has 1 atom stereocenters. The summed E-state index contributed by atoms with van der Waals surface area (Å²) in [6.07, 6.45) is 7.17. The highest BCUT2D eigenvalue weighted by Gasteiger charge is 2.35. The highest BCUT2D eigenvalue weighted by molar-refractivity contribution is 7.89. The van der Waals surface area contributed by atoms with Gasteiger partial charge in [-0.1, -0.05) is 12.5 Å². The van der Waals surface area contributed by atoms with Gasteiger partial charge in [-0.2, -0.15) is 4.31 Å². The number of aromatic nitrogens is 2. The van der Waals surface area contributed by atoms with E-state index in [2.05, 4.69) is 9.97 Å². The molecule has 2 aliphatic rings. The molecule has 178 valence electrons. The van der Waals surface area contributed by atoms with Crippen molar-refractivity contribution >= 4 is 26.8 Å². The fraction of sp³-hybridized carbons (Fsp3) is 0.375. The fourth-order valence-electron chi connectivity index (χ4n) is 4.69. The SMILES string of the molecule is O=C(c1c[nH]c2ccc(S(=O)(=O)N3CCCCC3c3cccnc3)cc2c1=O)N1CCOCC1. The second kappa shape index (κ2) is 9.28. The van der Waals surface area contributed by atoms with E-state index in [-0.39, 0.29) is 27.8 Å². The molecule has 1 aromatic carbocycles. The number of hydrogen-bond acceptors (Lipinski definition) is 6. The molecular formula is C24H26N4O5S. The molecule has 10 heteroatoms. The summed E-state index contributed by atoms with van der Waals surface area (Å²) in [5.74, 6) is -0.382. The Morgan fingerprint density at radius 3 is 2.71 bits per heavy atom. The van der Waals surface area contributed by atoms with Crippen LogP contribution in [0.2, 0.25) is 0 Å². The summed E-state index contributed by atoms with van der Waals surface area (Å²) in [5, 5.41) is 0.176. The summed E-state index contributed by atoms with van der Waals surface area (Å²) in [6.45, 7) is 2.07. The molecule has 2 aliphatic heterocycles. The predicted octanol–water partition coefficient (Wildman–Crippen LogP) is 2.31. The van der Waals surface area contributed by atoms with Gasteiger partial charge >= 0.3 is 0 Å². The lowest BCUT2D eigenvalue weighted by molar-refractivity contribution is 0.0302. The zero-order chi connectivity index (χ0) is 23.7.